The molecule has 2 N–H and O–H groups in total. The summed E-state index contributed by atoms with van der Waals surface area (Å²) in [5.74, 6) is -1.44. The summed E-state index contributed by atoms with van der Waals surface area (Å²) in [4.78, 5) is 24.7. The van der Waals surface area contributed by atoms with Crippen molar-refractivity contribution in [3.05, 3.63) is 0 Å². The van der Waals surface area contributed by atoms with Crippen molar-refractivity contribution < 1.29 is 24.5 Å². The van der Waals surface area contributed by atoms with Gasteiger partial charge in [0.25, 0.3) is 0 Å². The van der Waals surface area contributed by atoms with Crippen LogP contribution in [-0.2, 0) is 14.3 Å². The summed E-state index contributed by atoms with van der Waals surface area (Å²) >= 11 is 0. The van der Waals surface area contributed by atoms with Gasteiger partial charge in [0.2, 0.25) is 5.91 Å². The van der Waals surface area contributed by atoms with E-state index in [0.717, 1.165) is 0 Å². The Morgan fingerprint density at radius 1 is 1.37 bits per heavy atom. The third kappa shape index (κ3) is 5.16. The number of amides is 1. The molecule has 2 unspecified atom stereocenters. The van der Waals surface area contributed by atoms with Crippen LogP contribution in [0.1, 0.15) is 27.2 Å². The third-order valence-corrected chi connectivity index (χ3v) is 3.55. The topological polar surface area (TPSA) is 87.1 Å². The molecule has 6 heteroatoms. The number of aliphatic hydroxyl groups excluding tert-OH is 1. The highest BCUT2D eigenvalue weighted by molar-refractivity contribution is 5.84. The van der Waals surface area contributed by atoms with Crippen molar-refractivity contribution in [2.75, 3.05) is 27.3 Å². The number of carbonyl (C=O) groups is 2. The Morgan fingerprint density at radius 3 is 2.26 bits per heavy atom. The fourth-order valence-electron chi connectivity index (χ4n) is 1.64. The number of hydrogen-bond acceptors (Lipinski definition) is 4. The number of likely N-dealkylation sites (N-methyl/N-ethyl adjacent to an activating group) is 1. The van der Waals surface area contributed by atoms with E-state index < -0.39 is 17.5 Å². The second-order valence-corrected chi connectivity index (χ2v) is 5.44. The van der Waals surface area contributed by atoms with Crippen LogP contribution in [0, 0.1) is 11.3 Å². The largest absolute Gasteiger partial charge is 0.481 e. The number of ether oxygens (including phenoxy) is 1. The van der Waals surface area contributed by atoms with E-state index in [1.807, 2.05) is 0 Å². The van der Waals surface area contributed by atoms with E-state index in [4.69, 9.17) is 4.74 Å². The second kappa shape index (κ2) is 7.45. The van der Waals surface area contributed by atoms with Crippen LogP contribution in [0.3, 0.4) is 0 Å². The molecule has 0 saturated carbocycles. The van der Waals surface area contributed by atoms with Crippen molar-refractivity contribution in [2.24, 2.45) is 11.3 Å². The summed E-state index contributed by atoms with van der Waals surface area (Å²) in [6.45, 7) is 5.39. The van der Waals surface area contributed by atoms with Crippen LogP contribution in [0.2, 0.25) is 0 Å². The Morgan fingerprint density at radius 2 is 1.89 bits per heavy atom. The second-order valence-electron chi connectivity index (χ2n) is 5.44. The Balaban J connectivity index is 4.62. The van der Waals surface area contributed by atoms with Gasteiger partial charge >= 0.3 is 5.97 Å². The average molecular weight is 275 g/mol. The SMILES string of the molecule is COCC(O)CN(C)C(=O)CC(C)(C(=O)O)C(C)C. The number of aliphatic hydroxyl groups is 1. The Labute approximate surface area is 114 Å². The maximum absolute atomic E-state index is 12.0. The van der Waals surface area contributed by atoms with Crippen LogP contribution in [0.25, 0.3) is 0 Å². The number of methoxy groups -OCH3 is 1. The quantitative estimate of drug-likeness (QED) is 0.677. The summed E-state index contributed by atoms with van der Waals surface area (Å²) in [6, 6.07) is 0. The summed E-state index contributed by atoms with van der Waals surface area (Å²) in [7, 11) is 3.01. The smallest absolute Gasteiger partial charge is 0.310 e. The zero-order valence-corrected chi connectivity index (χ0v) is 12.3. The molecule has 19 heavy (non-hydrogen) atoms. The molecule has 0 bridgehead atoms. The molecule has 112 valence electrons. The standard InChI is InChI=1S/C13H25NO5/c1-9(2)13(3,12(17)18)6-11(16)14(4)7-10(15)8-19-5/h9-10,15H,6-8H2,1-5H3,(H,17,18). The van der Waals surface area contributed by atoms with Gasteiger partial charge in [-0.25, -0.2) is 0 Å². The minimum atomic E-state index is -1.10. The minimum absolute atomic E-state index is 0.0871. The molecule has 0 aromatic rings. The van der Waals surface area contributed by atoms with Gasteiger partial charge in [-0.05, 0) is 12.8 Å². The first-order chi connectivity index (χ1) is 8.65. The van der Waals surface area contributed by atoms with Crippen LogP contribution in [0.15, 0.2) is 0 Å². The molecule has 0 heterocycles. The maximum atomic E-state index is 12.0. The number of hydrogen-bond donors (Lipinski definition) is 2. The van der Waals surface area contributed by atoms with Crippen LogP contribution < -0.4 is 0 Å². The van der Waals surface area contributed by atoms with E-state index in [2.05, 4.69) is 0 Å². The lowest BCUT2D eigenvalue weighted by Crippen LogP contribution is -2.42. The molecule has 0 saturated heterocycles. The number of aliphatic carboxylic acids is 1. The minimum Gasteiger partial charge on any atom is -0.481 e. The van der Waals surface area contributed by atoms with Gasteiger partial charge in [-0.2, -0.15) is 0 Å². The summed E-state index contributed by atoms with van der Waals surface area (Å²) in [5, 5.41) is 18.8. The van der Waals surface area contributed by atoms with Gasteiger partial charge in [0.15, 0.2) is 0 Å². The monoisotopic (exact) mass is 275 g/mol. The molecule has 0 fully saturated rings. The van der Waals surface area contributed by atoms with Crippen LogP contribution >= 0.6 is 0 Å². The van der Waals surface area contributed by atoms with E-state index in [0.29, 0.717) is 0 Å². The fourth-order valence-corrected chi connectivity index (χ4v) is 1.64. The Kier molecular flexibility index (Phi) is 7.00. The molecule has 0 rings (SSSR count). The maximum Gasteiger partial charge on any atom is 0.310 e. The first kappa shape index (κ1) is 17.9. The number of nitrogens with zero attached hydrogens (tertiary/aromatic N) is 1. The lowest BCUT2D eigenvalue weighted by atomic mass is 9.76. The molecule has 0 radical (unpaired) electrons. The number of carboxylic acids is 1. The van der Waals surface area contributed by atoms with E-state index in [1.165, 1.54) is 12.0 Å². The zero-order valence-electron chi connectivity index (χ0n) is 12.3. The van der Waals surface area contributed by atoms with Gasteiger partial charge in [0.05, 0.1) is 18.1 Å². The first-order valence-corrected chi connectivity index (χ1v) is 6.29. The fraction of sp³-hybridized carbons (Fsp3) is 0.846. The molecule has 0 aromatic heterocycles. The number of rotatable bonds is 8. The molecule has 0 aromatic carbocycles. The van der Waals surface area contributed by atoms with Gasteiger partial charge in [-0.15, -0.1) is 0 Å². The van der Waals surface area contributed by atoms with Gasteiger partial charge in [-0.3, -0.25) is 9.59 Å². The Hall–Kier alpha value is -1.14. The molecule has 0 spiro atoms. The highest BCUT2D eigenvalue weighted by Gasteiger charge is 2.39. The van der Waals surface area contributed by atoms with E-state index >= 15 is 0 Å². The van der Waals surface area contributed by atoms with Gasteiger partial charge in [0, 0.05) is 27.1 Å². The highest BCUT2D eigenvalue weighted by Crippen LogP contribution is 2.31. The molecular formula is C13H25NO5. The summed E-state index contributed by atoms with van der Waals surface area (Å²) in [6.07, 6.45) is -0.856. The zero-order chi connectivity index (χ0) is 15.2. The highest BCUT2D eigenvalue weighted by atomic mass is 16.5. The summed E-state index contributed by atoms with van der Waals surface area (Å²) < 4.78 is 4.78. The lowest BCUT2D eigenvalue weighted by Gasteiger charge is -2.30. The molecule has 1 amide bonds. The predicted octanol–water partition coefficient (Wildman–Crippen LogP) is 0.589. The number of carboxylic acid groups (broad SMARTS) is 1. The van der Waals surface area contributed by atoms with Crippen molar-refractivity contribution in [2.45, 2.75) is 33.3 Å². The normalized spacial score (nSPS) is 15.9. The molecular weight excluding hydrogens is 250 g/mol. The third-order valence-electron chi connectivity index (χ3n) is 3.55. The molecule has 6 nitrogen and oxygen atoms in total. The van der Waals surface area contributed by atoms with Crippen molar-refractivity contribution in [3.8, 4) is 0 Å². The van der Waals surface area contributed by atoms with Crippen LogP contribution in [-0.4, -0.2) is 60.4 Å². The van der Waals surface area contributed by atoms with Crippen molar-refractivity contribution in [1.29, 1.82) is 0 Å². The molecule has 0 aliphatic heterocycles. The van der Waals surface area contributed by atoms with E-state index in [9.17, 15) is 19.8 Å². The molecule has 0 aliphatic rings. The first-order valence-electron chi connectivity index (χ1n) is 6.29. The van der Waals surface area contributed by atoms with Crippen LogP contribution in [0.4, 0.5) is 0 Å². The summed E-state index contributed by atoms with van der Waals surface area (Å²) in [5.41, 5.74) is -1.10. The van der Waals surface area contributed by atoms with E-state index in [1.54, 1.807) is 27.8 Å². The van der Waals surface area contributed by atoms with E-state index in [-0.39, 0.29) is 31.4 Å². The lowest BCUT2D eigenvalue weighted by molar-refractivity contribution is -0.155. The Bertz CT molecular complexity index is 318. The van der Waals surface area contributed by atoms with Gasteiger partial charge in [0.1, 0.15) is 0 Å². The number of carbonyl (C=O) groups excluding carboxylic acids is 1. The van der Waals surface area contributed by atoms with Crippen molar-refractivity contribution in [3.63, 3.8) is 0 Å². The van der Waals surface area contributed by atoms with Crippen LogP contribution in [0.5, 0.6) is 0 Å². The van der Waals surface area contributed by atoms with Gasteiger partial charge in [-0.1, -0.05) is 13.8 Å². The molecule has 2 atom stereocenters. The molecule has 0 aliphatic carbocycles. The average Bonchev–Trinajstić information content (AvgIpc) is 2.28. The predicted molar refractivity (Wildman–Crippen MR) is 70.7 cm³/mol. The van der Waals surface area contributed by atoms with Crippen molar-refractivity contribution >= 4 is 11.9 Å². The van der Waals surface area contributed by atoms with Crippen molar-refractivity contribution in [1.82, 2.24) is 4.90 Å². The van der Waals surface area contributed by atoms with Gasteiger partial charge < -0.3 is 19.8 Å².